The number of halogens is 1. The molecule has 1 N–H and O–H groups in total. The summed E-state index contributed by atoms with van der Waals surface area (Å²) >= 11 is 0. The largest absolute Gasteiger partial charge is 0.478 e. The Labute approximate surface area is 113 Å². The topological polar surface area (TPSA) is 40.5 Å². The van der Waals surface area contributed by atoms with Crippen molar-refractivity contribution in [1.82, 2.24) is 4.90 Å². The third-order valence-corrected chi connectivity index (χ3v) is 3.57. The molecule has 104 valence electrons. The molecule has 3 nitrogen and oxygen atoms in total. The number of carboxylic acids is 1. The molecule has 0 radical (unpaired) electrons. The molecule has 1 saturated carbocycles. The molecule has 1 aliphatic carbocycles. The van der Waals surface area contributed by atoms with Gasteiger partial charge in [-0.3, -0.25) is 4.90 Å². The molecule has 0 saturated heterocycles. The van der Waals surface area contributed by atoms with Crippen LogP contribution < -0.4 is 0 Å². The zero-order chi connectivity index (χ0) is 14.0. The number of carboxylic acid groups (broad SMARTS) is 1. The molecule has 1 fully saturated rings. The normalized spacial score (nSPS) is 15.2. The van der Waals surface area contributed by atoms with Crippen LogP contribution in [0.4, 0.5) is 4.39 Å². The fourth-order valence-corrected chi connectivity index (χ4v) is 2.16. The second-order valence-electron chi connectivity index (χ2n) is 5.59. The van der Waals surface area contributed by atoms with Crippen molar-refractivity contribution in [3.8, 4) is 0 Å². The van der Waals surface area contributed by atoms with Gasteiger partial charge in [-0.15, -0.1) is 0 Å². The van der Waals surface area contributed by atoms with E-state index >= 15 is 0 Å². The maximum absolute atomic E-state index is 13.3. The van der Waals surface area contributed by atoms with E-state index in [1.54, 1.807) is 6.07 Å². The number of hydrogen-bond acceptors (Lipinski definition) is 2. The molecule has 0 unspecified atom stereocenters. The SMILES string of the molecule is CC(C)N(Cc1ccc(F)c(C(=O)O)c1)CC1CC1. The summed E-state index contributed by atoms with van der Waals surface area (Å²) in [7, 11) is 0. The molecule has 0 aliphatic heterocycles. The highest BCUT2D eigenvalue weighted by Gasteiger charge is 2.25. The van der Waals surface area contributed by atoms with E-state index < -0.39 is 11.8 Å². The van der Waals surface area contributed by atoms with Crippen molar-refractivity contribution in [2.24, 2.45) is 5.92 Å². The molecule has 0 spiro atoms. The highest BCUT2D eigenvalue weighted by molar-refractivity contribution is 5.88. The third-order valence-electron chi connectivity index (χ3n) is 3.57. The smallest absolute Gasteiger partial charge is 0.338 e. The first kappa shape index (κ1) is 14.0. The first-order valence-electron chi connectivity index (χ1n) is 6.73. The van der Waals surface area contributed by atoms with Gasteiger partial charge in [-0.05, 0) is 50.3 Å². The van der Waals surface area contributed by atoms with E-state index in [-0.39, 0.29) is 5.56 Å². The zero-order valence-corrected chi connectivity index (χ0v) is 11.4. The van der Waals surface area contributed by atoms with Crippen LogP contribution in [0.3, 0.4) is 0 Å². The molecule has 0 aromatic heterocycles. The molecule has 0 heterocycles. The lowest BCUT2D eigenvalue weighted by atomic mass is 10.1. The van der Waals surface area contributed by atoms with Gasteiger partial charge in [0, 0.05) is 19.1 Å². The van der Waals surface area contributed by atoms with E-state index in [0.29, 0.717) is 12.6 Å². The first-order valence-corrected chi connectivity index (χ1v) is 6.73. The van der Waals surface area contributed by atoms with Crippen molar-refractivity contribution in [3.05, 3.63) is 35.1 Å². The minimum atomic E-state index is -1.21. The summed E-state index contributed by atoms with van der Waals surface area (Å²) < 4.78 is 13.3. The zero-order valence-electron chi connectivity index (χ0n) is 11.4. The number of nitrogens with zero attached hydrogens (tertiary/aromatic N) is 1. The number of hydrogen-bond donors (Lipinski definition) is 1. The van der Waals surface area contributed by atoms with Gasteiger partial charge in [-0.25, -0.2) is 9.18 Å². The predicted molar refractivity (Wildman–Crippen MR) is 71.6 cm³/mol. The second-order valence-corrected chi connectivity index (χ2v) is 5.59. The van der Waals surface area contributed by atoms with Crippen molar-refractivity contribution in [2.75, 3.05) is 6.54 Å². The van der Waals surface area contributed by atoms with Gasteiger partial charge in [0.25, 0.3) is 0 Å². The van der Waals surface area contributed by atoms with E-state index in [1.807, 2.05) is 0 Å². The third kappa shape index (κ3) is 3.77. The maximum Gasteiger partial charge on any atom is 0.338 e. The van der Waals surface area contributed by atoms with Crippen molar-refractivity contribution in [1.29, 1.82) is 0 Å². The molecule has 2 rings (SSSR count). The van der Waals surface area contributed by atoms with Crippen molar-refractivity contribution in [2.45, 2.75) is 39.3 Å². The van der Waals surface area contributed by atoms with E-state index in [0.717, 1.165) is 18.0 Å². The summed E-state index contributed by atoms with van der Waals surface area (Å²) in [5.41, 5.74) is 0.612. The molecule has 4 heteroatoms. The Kier molecular flexibility index (Phi) is 4.20. The molecule has 19 heavy (non-hydrogen) atoms. The van der Waals surface area contributed by atoms with Crippen LogP contribution in [0.5, 0.6) is 0 Å². The van der Waals surface area contributed by atoms with Crippen LogP contribution in [-0.2, 0) is 6.54 Å². The number of rotatable bonds is 6. The van der Waals surface area contributed by atoms with Crippen LogP contribution >= 0.6 is 0 Å². The fraction of sp³-hybridized carbons (Fsp3) is 0.533. The van der Waals surface area contributed by atoms with E-state index in [4.69, 9.17) is 5.11 Å². The summed E-state index contributed by atoms with van der Waals surface area (Å²) in [6.45, 7) is 5.97. The molecule has 1 aliphatic rings. The lowest BCUT2D eigenvalue weighted by Crippen LogP contribution is -2.32. The Morgan fingerprint density at radius 2 is 2.16 bits per heavy atom. The Morgan fingerprint density at radius 1 is 1.47 bits per heavy atom. The van der Waals surface area contributed by atoms with Gasteiger partial charge in [0.2, 0.25) is 0 Å². The summed E-state index contributed by atoms with van der Waals surface area (Å²) in [5, 5.41) is 8.94. The lowest BCUT2D eigenvalue weighted by molar-refractivity contribution is 0.0691. The van der Waals surface area contributed by atoms with Crippen LogP contribution in [0.2, 0.25) is 0 Å². The Bertz CT molecular complexity index is 469. The number of benzene rings is 1. The van der Waals surface area contributed by atoms with Gasteiger partial charge in [-0.2, -0.15) is 0 Å². The van der Waals surface area contributed by atoms with Gasteiger partial charge in [-0.1, -0.05) is 6.07 Å². The molecular weight excluding hydrogens is 245 g/mol. The summed E-state index contributed by atoms with van der Waals surface area (Å²) in [6, 6.07) is 4.76. The Balaban J connectivity index is 2.11. The summed E-state index contributed by atoms with van der Waals surface area (Å²) in [5.74, 6) is -1.10. The van der Waals surface area contributed by atoms with Gasteiger partial charge in [0.15, 0.2) is 0 Å². The molecule has 0 atom stereocenters. The lowest BCUT2D eigenvalue weighted by Gasteiger charge is -2.26. The molecule has 0 bridgehead atoms. The van der Waals surface area contributed by atoms with Gasteiger partial charge in [0.1, 0.15) is 5.82 Å². The summed E-state index contributed by atoms with van der Waals surface area (Å²) in [4.78, 5) is 13.2. The van der Waals surface area contributed by atoms with E-state index in [9.17, 15) is 9.18 Å². The van der Waals surface area contributed by atoms with E-state index in [2.05, 4.69) is 18.7 Å². The van der Waals surface area contributed by atoms with Crippen molar-refractivity contribution in [3.63, 3.8) is 0 Å². The van der Waals surface area contributed by atoms with Gasteiger partial charge >= 0.3 is 5.97 Å². The van der Waals surface area contributed by atoms with Crippen molar-refractivity contribution < 1.29 is 14.3 Å². The number of carbonyl (C=O) groups is 1. The van der Waals surface area contributed by atoms with Gasteiger partial charge < -0.3 is 5.11 Å². The van der Waals surface area contributed by atoms with E-state index in [1.165, 1.54) is 25.0 Å². The quantitative estimate of drug-likeness (QED) is 0.859. The Morgan fingerprint density at radius 3 is 2.68 bits per heavy atom. The van der Waals surface area contributed by atoms with Crippen LogP contribution in [0.25, 0.3) is 0 Å². The summed E-state index contributed by atoms with van der Waals surface area (Å²) in [6.07, 6.45) is 2.57. The number of aromatic carboxylic acids is 1. The highest BCUT2D eigenvalue weighted by Crippen LogP contribution is 2.30. The van der Waals surface area contributed by atoms with Crippen LogP contribution in [-0.4, -0.2) is 28.6 Å². The van der Waals surface area contributed by atoms with Gasteiger partial charge in [0.05, 0.1) is 5.56 Å². The molecule has 1 aromatic carbocycles. The molecule has 1 aromatic rings. The second kappa shape index (κ2) is 5.70. The van der Waals surface area contributed by atoms with Crippen molar-refractivity contribution >= 4 is 5.97 Å². The minimum Gasteiger partial charge on any atom is -0.478 e. The van der Waals surface area contributed by atoms with Crippen LogP contribution in [0.1, 0.15) is 42.6 Å². The van der Waals surface area contributed by atoms with Crippen LogP contribution in [0.15, 0.2) is 18.2 Å². The maximum atomic E-state index is 13.3. The highest BCUT2D eigenvalue weighted by atomic mass is 19.1. The predicted octanol–water partition coefficient (Wildman–Crippen LogP) is 3.14. The fourth-order valence-electron chi connectivity index (χ4n) is 2.16. The first-order chi connectivity index (χ1) is 8.97. The monoisotopic (exact) mass is 265 g/mol. The average molecular weight is 265 g/mol. The molecule has 0 amide bonds. The van der Waals surface area contributed by atoms with Crippen LogP contribution in [0, 0.1) is 11.7 Å². The Hall–Kier alpha value is -1.42. The standard InChI is InChI=1S/C15H20FNO2/c1-10(2)17(8-11-3-4-11)9-12-5-6-14(16)13(7-12)15(18)19/h5-7,10-11H,3-4,8-9H2,1-2H3,(H,18,19). The molecular formula is C15H20FNO2. The minimum absolute atomic E-state index is 0.243. The average Bonchev–Trinajstić information content (AvgIpc) is 3.14.